The monoisotopic (exact) mass is 1480 g/mol. The summed E-state index contributed by atoms with van der Waals surface area (Å²) in [6, 6.07) is 0. The number of carbonyl (C=O) groups is 4. The van der Waals surface area contributed by atoms with E-state index in [1.807, 2.05) is 0 Å². The Kier molecular flexibility index (Phi) is 73.5. The Labute approximate surface area is 619 Å². The summed E-state index contributed by atoms with van der Waals surface area (Å²) in [5.41, 5.74) is 0. The van der Waals surface area contributed by atoms with E-state index >= 15 is 0 Å². The van der Waals surface area contributed by atoms with E-state index in [4.69, 9.17) is 37.0 Å². The second-order valence-corrected chi connectivity index (χ2v) is 32.9. The lowest BCUT2D eigenvalue weighted by atomic mass is 10.0. The predicted molar refractivity (Wildman–Crippen MR) is 414 cm³/mol. The number of esters is 4. The van der Waals surface area contributed by atoms with Gasteiger partial charge in [0.2, 0.25) is 0 Å². The molecule has 19 heteroatoms. The number of hydrogen-bond donors (Lipinski definition) is 3. The highest BCUT2D eigenvalue weighted by Crippen LogP contribution is 2.45. The fourth-order valence-electron chi connectivity index (χ4n) is 12.8. The quantitative estimate of drug-likeness (QED) is 0.0222. The van der Waals surface area contributed by atoms with Gasteiger partial charge in [-0.15, -0.1) is 0 Å². The van der Waals surface area contributed by atoms with E-state index in [0.717, 1.165) is 95.8 Å². The molecular formula is C82H160O17P2. The van der Waals surface area contributed by atoms with Crippen LogP contribution in [0.5, 0.6) is 0 Å². The van der Waals surface area contributed by atoms with Crippen LogP contribution in [-0.2, 0) is 65.4 Å². The second kappa shape index (κ2) is 74.9. The van der Waals surface area contributed by atoms with E-state index in [1.54, 1.807) is 0 Å². The summed E-state index contributed by atoms with van der Waals surface area (Å²) in [5.74, 6) is -1.38. The van der Waals surface area contributed by atoms with Gasteiger partial charge in [-0.1, -0.05) is 388 Å². The van der Waals surface area contributed by atoms with Crippen molar-refractivity contribution < 1.29 is 80.2 Å². The third kappa shape index (κ3) is 76.1. The largest absolute Gasteiger partial charge is 0.472 e. The molecule has 0 amide bonds. The number of ether oxygens (including phenoxy) is 4. The predicted octanol–water partition coefficient (Wildman–Crippen LogP) is 24.8. The van der Waals surface area contributed by atoms with E-state index in [-0.39, 0.29) is 25.7 Å². The fourth-order valence-corrected chi connectivity index (χ4v) is 14.3. The average Bonchev–Trinajstić information content (AvgIpc) is 1.17. The van der Waals surface area contributed by atoms with Crippen molar-refractivity contribution in [2.24, 2.45) is 5.92 Å². The molecule has 0 saturated heterocycles. The van der Waals surface area contributed by atoms with Gasteiger partial charge in [0.25, 0.3) is 0 Å². The minimum absolute atomic E-state index is 0.107. The fraction of sp³-hybridized carbons (Fsp3) is 0.951. The number of unbranched alkanes of at least 4 members (excludes halogenated alkanes) is 54. The maximum Gasteiger partial charge on any atom is 0.472 e. The van der Waals surface area contributed by atoms with Crippen LogP contribution in [0.3, 0.4) is 0 Å². The minimum atomic E-state index is -4.96. The van der Waals surface area contributed by atoms with Crippen LogP contribution in [-0.4, -0.2) is 96.7 Å². The molecule has 3 N–H and O–H groups in total. The Hall–Kier alpha value is -1.94. The Bertz CT molecular complexity index is 1930. The molecule has 600 valence electrons. The molecule has 0 radical (unpaired) electrons. The van der Waals surface area contributed by atoms with Crippen molar-refractivity contribution in [2.45, 2.75) is 457 Å². The topological polar surface area (TPSA) is 237 Å². The zero-order chi connectivity index (χ0) is 74.1. The first-order valence-electron chi connectivity index (χ1n) is 42.6. The van der Waals surface area contributed by atoms with Crippen molar-refractivity contribution in [3.63, 3.8) is 0 Å². The highest BCUT2D eigenvalue weighted by atomic mass is 31.2. The maximum absolute atomic E-state index is 13.1. The van der Waals surface area contributed by atoms with Crippen LogP contribution in [0, 0.1) is 5.92 Å². The van der Waals surface area contributed by atoms with Crippen molar-refractivity contribution in [2.75, 3.05) is 39.6 Å². The van der Waals surface area contributed by atoms with Gasteiger partial charge in [0.05, 0.1) is 26.4 Å². The van der Waals surface area contributed by atoms with Crippen molar-refractivity contribution in [3.8, 4) is 0 Å². The van der Waals surface area contributed by atoms with E-state index in [9.17, 15) is 43.2 Å². The van der Waals surface area contributed by atoms with Crippen molar-refractivity contribution in [1.29, 1.82) is 0 Å². The van der Waals surface area contributed by atoms with E-state index < -0.39 is 97.5 Å². The minimum Gasteiger partial charge on any atom is -0.462 e. The highest BCUT2D eigenvalue weighted by Gasteiger charge is 2.30. The first-order chi connectivity index (χ1) is 49.0. The van der Waals surface area contributed by atoms with Crippen LogP contribution in [0.4, 0.5) is 0 Å². The lowest BCUT2D eigenvalue weighted by Gasteiger charge is -2.21. The summed E-state index contributed by atoms with van der Waals surface area (Å²) < 4.78 is 68.7. The summed E-state index contributed by atoms with van der Waals surface area (Å²) in [4.78, 5) is 73.0. The van der Waals surface area contributed by atoms with Gasteiger partial charge in [0.1, 0.15) is 19.3 Å². The third-order valence-electron chi connectivity index (χ3n) is 19.3. The van der Waals surface area contributed by atoms with Crippen LogP contribution in [0.2, 0.25) is 0 Å². The number of aliphatic hydroxyl groups excluding tert-OH is 1. The molecule has 0 aliphatic carbocycles. The van der Waals surface area contributed by atoms with Gasteiger partial charge >= 0.3 is 39.5 Å². The molecule has 0 saturated carbocycles. The molecule has 0 aliphatic rings. The molecular weight excluding hydrogens is 1320 g/mol. The molecule has 0 fully saturated rings. The molecule has 0 spiro atoms. The molecule has 0 heterocycles. The van der Waals surface area contributed by atoms with Gasteiger partial charge in [-0.05, 0) is 31.6 Å². The molecule has 0 aliphatic heterocycles. The standard InChI is InChI=1S/C82H160O17P2/c1-6-9-12-15-18-21-24-27-29-31-33-35-37-39-42-44-50-55-60-65-79(84)92-71-77(98-82(87)68-63-58-53-46-43-40-38-36-34-32-30-28-25-22-19-16-13-10-7-2)73-96-100(88,89)94-69-76(83)70-95-101(90,91)97-74-78(72-93-80(85)66-61-56-51-48-47-49-54-59-64-75(4)5)99-81(86)67-62-57-52-45-41-26-23-20-17-14-11-8-3/h75-78,83H,6-74H2,1-5H3,(H,88,89)(H,90,91)/t76-,77-,78-/m1/s1. The number of aliphatic hydroxyl groups is 1. The summed E-state index contributed by atoms with van der Waals surface area (Å²) in [5, 5.41) is 10.6. The summed E-state index contributed by atoms with van der Waals surface area (Å²) in [7, 11) is -9.92. The lowest BCUT2D eigenvalue weighted by molar-refractivity contribution is -0.161. The third-order valence-corrected chi connectivity index (χ3v) is 21.2. The molecule has 0 rings (SSSR count). The Morgan fingerprint density at radius 1 is 0.267 bits per heavy atom. The van der Waals surface area contributed by atoms with Crippen molar-refractivity contribution in [1.82, 2.24) is 0 Å². The summed E-state index contributed by atoms with van der Waals surface area (Å²) in [6.45, 7) is 7.30. The Balaban J connectivity index is 5.22. The number of hydrogen-bond acceptors (Lipinski definition) is 15. The zero-order valence-corrected chi connectivity index (χ0v) is 67.8. The van der Waals surface area contributed by atoms with Crippen LogP contribution < -0.4 is 0 Å². The smallest absolute Gasteiger partial charge is 0.462 e. The van der Waals surface area contributed by atoms with Crippen molar-refractivity contribution in [3.05, 3.63) is 0 Å². The molecule has 2 unspecified atom stereocenters. The molecule has 5 atom stereocenters. The molecule has 101 heavy (non-hydrogen) atoms. The van der Waals surface area contributed by atoms with Gasteiger partial charge in [-0.3, -0.25) is 37.3 Å². The Morgan fingerprint density at radius 3 is 0.673 bits per heavy atom. The van der Waals surface area contributed by atoms with Crippen LogP contribution in [0.25, 0.3) is 0 Å². The molecule has 0 aromatic heterocycles. The second-order valence-electron chi connectivity index (χ2n) is 30.0. The van der Waals surface area contributed by atoms with Gasteiger partial charge < -0.3 is 33.8 Å². The number of phosphoric acid groups is 2. The van der Waals surface area contributed by atoms with Crippen LogP contribution >= 0.6 is 15.6 Å². The number of carbonyl (C=O) groups excluding carboxylic acids is 4. The number of rotatable bonds is 82. The normalized spacial score (nSPS) is 13.8. The summed E-state index contributed by atoms with van der Waals surface area (Å²) >= 11 is 0. The first kappa shape index (κ1) is 99.1. The summed E-state index contributed by atoms with van der Waals surface area (Å²) in [6.07, 6.45) is 66.7. The first-order valence-corrected chi connectivity index (χ1v) is 45.6. The van der Waals surface area contributed by atoms with Crippen molar-refractivity contribution >= 4 is 39.5 Å². The number of phosphoric ester groups is 2. The highest BCUT2D eigenvalue weighted by molar-refractivity contribution is 7.47. The van der Waals surface area contributed by atoms with E-state index in [1.165, 1.54) is 263 Å². The van der Waals surface area contributed by atoms with Gasteiger partial charge in [0, 0.05) is 25.7 Å². The maximum atomic E-state index is 13.1. The average molecular weight is 1480 g/mol. The zero-order valence-electron chi connectivity index (χ0n) is 66.1. The lowest BCUT2D eigenvalue weighted by Crippen LogP contribution is -2.30. The molecule has 0 aromatic rings. The molecule has 0 bridgehead atoms. The SMILES string of the molecule is CCCCCCCCCCCCCCCCCCCCCC(=O)OC[C@H](COP(=O)(O)OC[C@@H](O)COP(=O)(O)OC[C@@H](COC(=O)CCCCCCCCCCC(C)C)OC(=O)CCCCCCCCCCCCCC)OC(=O)CCCCCCCCCCCCCCCCCCCCC. The molecule has 0 aromatic carbocycles. The Morgan fingerprint density at radius 2 is 0.455 bits per heavy atom. The van der Waals surface area contributed by atoms with Crippen LogP contribution in [0.1, 0.15) is 439 Å². The van der Waals surface area contributed by atoms with Gasteiger partial charge in [0.15, 0.2) is 12.2 Å². The van der Waals surface area contributed by atoms with Gasteiger partial charge in [-0.25, -0.2) is 9.13 Å². The van der Waals surface area contributed by atoms with Crippen LogP contribution in [0.15, 0.2) is 0 Å². The van der Waals surface area contributed by atoms with E-state index in [0.29, 0.717) is 25.7 Å². The molecule has 17 nitrogen and oxygen atoms in total. The van der Waals surface area contributed by atoms with Gasteiger partial charge in [-0.2, -0.15) is 0 Å². The van der Waals surface area contributed by atoms with E-state index in [2.05, 4.69) is 34.6 Å².